The van der Waals surface area contributed by atoms with Crippen LogP contribution in [0.15, 0.2) is 27.6 Å². The number of sulfonamides is 1. The van der Waals surface area contributed by atoms with Crippen molar-refractivity contribution in [1.82, 2.24) is 19.5 Å². The molecule has 1 aromatic carbocycles. The van der Waals surface area contributed by atoms with Gasteiger partial charge in [0.1, 0.15) is 5.82 Å². The second-order valence-electron chi connectivity index (χ2n) is 5.85. The number of nitrogens with zero attached hydrogens (tertiary/aromatic N) is 4. The number of nitro groups is 1. The van der Waals surface area contributed by atoms with E-state index in [0.29, 0.717) is 29.1 Å². The van der Waals surface area contributed by atoms with Crippen LogP contribution in [0.5, 0.6) is 0 Å². The highest BCUT2D eigenvalue weighted by molar-refractivity contribution is 9.10. The van der Waals surface area contributed by atoms with Gasteiger partial charge in [0.05, 0.1) is 4.92 Å². The third-order valence-electron chi connectivity index (χ3n) is 4.10. The summed E-state index contributed by atoms with van der Waals surface area (Å²) in [5, 5.41) is 18.1. The smallest absolute Gasteiger partial charge is 0.263 e. The lowest BCUT2D eigenvalue weighted by Crippen LogP contribution is -2.39. The van der Waals surface area contributed by atoms with E-state index in [1.165, 1.54) is 22.5 Å². The average molecular weight is 430 g/mol. The molecule has 9 nitrogen and oxygen atoms in total. The van der Waals surface area contributed by atoms with E-state index in [1.54, 1.807) is 6.92 Å². The molecular formula is C14H16BrN5O4S. The van der Waals surface area contributed by atoms with Crippen molar-refractivity contribution in [2.75, 3.05) is 13.1 Å². The summed E-state index contributed by atoms with van der Waals surface area (Å²) in [6.07, 6.45) is 1.41. The van der Waals surface area contributed by atoms with Crippen LogP contribution in [0.2, 0.25) is 0 Å². The monoisotopic (exact) mass is 429 g/mol. The van der Waals surface area contributed by atoms with Gasteiger partial charge in [-0.25, -0.2) is 13.4 Å². The molecule has 1 aromatic heterocycles. The molecule has 25 heavy (non-hydrogen) atoms. The van der Waals surface area contributed by atoms with E-state index in [2.05, 4.69) is 31.1 Å². The average Bonchev–Trinajstić information content (AvgIpc) is 3.01. The number of rotatable bonds is 4. The van der Waals surface area contributed by atoms with Gasteiger partial charge in [0.25, 0.3) is 5.69 Å². The number of H-pyrrole nitrogens is 1. The van der Waals surface area contributed by atoms with E-state index in [9.17, 15) is 18.5 Å². The van der Waals surface area contributed by atoms with Gasteiger partial charge in [0.15, 0.2) is 10.7 Å². The van der Waals surface area contributed by atoms with Crippen molar-refractivity contribution in [3.63, 3.8) is 0 Å². The Labute approximate surface area is 152 Å². The lowest BCUT2D eigenvalue weighted by Gasteiger charge is -2.30. The second-order valence-corrected chi connectivity index (χ2v) is 8.67. The fraction of sp³-hybridized carbons (Fsp3) is 0.429. The van der Waals surface area contributed by atoms with Gasteiger partial charge < -0.3 is 0 Å². The van der Waals surface area contributed by atoms with Crippen LogP contribution in [0.25, 0.3) is 0 Å². The number of aromatic amines is 1. The van der Waals surface area contributed by atoms with Crippen molar-refractivity contribution in [1.29, 1.82) is 0 Å². The largest absolute Gasteiger partial charge is 0.290 e. The predicted molar refractivity (Wildman–Crippen MR) is 92.6 cm³/mol. The minimum Gasteiger partial charge on any atom is -0.263 e. The maximum absolute atomic E-state index is 13.0. The number of benzene rings is 1. The predicted octanol–water partition coefficient (Wildman–Crippen LogP) is 2.35. The zero-order valence-electron chi connectivity index (χ0n) is 13.3. The minimum atomic E-state index is -3.98. The van der Waals surface area contributed by atoms with Gasteiger partial charge in [0.2, 0.25) is 10.0 Å². The summed E-state index contributed by atoms with van der Waals surface area (Å²) >= 11 is 3.14. The van der Waals surface area contributed by atoms with E-state index in [4.69, 9.17) is 0 Å². The summed E-state index contributed by atoms with van der Waals surface area (Å²) in [5.74, 6) is 1.10. The standard InChI is InChI=1S/C14H16BrN5O4S/c1-9-16-14(18-17-9)10-3-2-6-19(8-10)25(23,24)13-5-4-11(15)7-12(13)20(21)22/h4-5,7,10H,2-3,6,8H2,1H3,(H,16,17,18)/t10-/m0/s1. The minimum absolute atomic E-state index is 0.136. The molecule has 0 amide bonds. The first kappa shape index (κ1) is 18.0. The van der Waals surface area contributed by atoms with E-state index in [-0.39, 0.29) is 17.4 Å². The van der Waals surface area contributed by atoms with Gasteiger partial charge in [-0.1, -0.05) is 15.9 Å². The fourth-order valence-electron chi connectivity index (χ4n) is 2.90. The van der Waals surface area contributed by atoms with Crippen LogP contribution in [0.4, 0.5) is 5.69 Å². The van der Waals surface area contributed by atoms with Crippen LogP contribution in [0, 0.1) is 17.0 Å². The van der Waals surface area contributed by atoms with Crippen LogP contribution in [-0.2, 0) is 10.0 Å². The van der Waals surface area contributed by atoms with Gasteiger partial charge >= 0.3 is 0 Å². The number of nitro benzene ring substituents is 1. The fourth-order valence-corrected chi connectivity index (χ4v) is 4.92. The number of hydrogen-bond donors (Lipinski definition) is 1. The Hall–Kier alpha value is -1.85. The van der Waals surface area contributed by atoms with E-state index in [1.807, 2.05) is 0 Å². The van der Waals surface area contributed by atoms with E-state index >= 15 is 0 Å². The first-order valence-electron chi connectivity index (χ1n) is 7.62. The summed E-state index contributed by atoms with van der Waals surface area (Å²) in [4.78, 5) is 14.6. The quantitative estimate of drug-likeness (QED) is 0.587. The van der Waals surface area contributed by atoms with Crippen molar-refractivity contribution in [3.8, 4) is 0 Å². The van der Waals surface area contributed by atoms with Crippen LogP contribution < -0.4 is 0 Å². The number of aromatic nitrogens is 3. The normalized spacial score (nSPS) is 19.0. The van der Waals surface area contributed by atoms with Crippen LogP contribution in [0.1, 0.15) is 30.4 Å². The lowest BCUT2D eigenvalue weighted by molar-refractivity contribution is -0.387. The molecule has 1 N–H and O–H groups in total. The molecule has 0 bridgehead atoms. The molecule has 134 valence electrons. The summed E-state index contributed by atoms with van der Waals surface area (Å²) in [5.41, 5.74) is -0.440. The number of aryl methyl sites for hydroxylation is 1. The molecule has 1 aliphatic heterocycles. The molecular weight excluding hydrogens is 414 g/mol. The third kappa shape index (κ3) is 3.58. The molecule has 11 heteroatoms. The first-order chi connectivity index (χ1) is 11.8. The lowest BCUT2D eigenvalue weighted by atomic mass is 9.99. The highest BCUT2D eigenvalue weighted by atomic mass is 79.9. The molecule has 0 saturated carbocycles. The maximum Gasteiger partial charge on any atom is 0.290 e. The molecule has 2 aromatic rings. The number of hydrogen-bond acceptors (Lipinski definition) is 6. The van der Waals surface area contributed by atoms with Crippen molar-refractivity contribution in [3.05, 3.63) is 44.4 Å². The molecule has 0 radical (unpaired) electrons. The van der Waals surface area contributed by atoms with Gasteiger partial charge in [0, 0.05) is 29.5 Å². The molecule has 2 heterocycles. The summed E-state index contributed by atoms with van der Waals surface area (Å²) in [6.45, 7) is 2.29. The summed E-state index contributed by atoms with van der Waals surface area (Å²) in [6, 6.07) is 3.95. The Morgan fingerprint density at radius 3 is 2.84 bits per heavy atom. The van der Waals surface area contributed by atoms with Gasteiger partial charge in [-0.15, -0.1) is 0 Å². The Bertz CT molecular complexity index is 914. The van der Waals surface area contributed by atoms with Crippen LogP contribution in [0.3, 0.4) is 0 Å². The highest BCUT2D eigenvalue weighted by Gasteiger charge is 2.36. The maximum atomic E-state index is 13.0. The van der Waals surface area contributed by atoms with E-state index in [0.717, 1.165) is 6.42 Å². The molecule has 1 fully saturated rings. The Morgan fingerprint density at radius 2 is 2.20 bits per heavy atom. The molecule has 1 saturated heterocycles. The number of halogens is 1. The summed E-state index contributed by atoms with van der Waals surface area (Å²) < 4.78 is 27.7. The van der Waals surface area contributed by atoms with Crippen molar-refractivity contribution >= 4 is 31.6 Å². The molecule has 3 rings (SSSR count). The highest BCUT2D eigenvalue weighted by Crippen LogP contribution is 2.33. The van der Waals surface area contributed by atoms with Crippen molar-refractivity contribution < 1.29 is 13.3 Å². The number of nitrogens with one attached hydrogen (secondary N) is 1. The Kier molecular flexibility index (Phi) is 4.89. The molecule has 0 aliphatic carbocycles. The molecule has 0 unspecified atom stereocenters. The number of piperidine rings is 1. The Balaban J connectivity index is 1.93. The van der Waals surface area contributed by atoms with Gasteiger partial charge in [-0.3, -0.25) is 15.2 Å². The zero-order chi connectivity index (χ0) is 18.2. The van der Waals surface area contributed by atoms with Crippen LogP contribution in [-0.4, -0.2) is 45.9 Å². The first-order valence-corrected chi connectivity index (χ1v) is 9.85. The summed E-state index contributed by atoms with van der Waals surface area (Å²) in [7, 11) is -3.98. The Morgan fingerprint density at radius 1 is 1.44 bits per heavy atom. The molecule has 1 aliphatic rings. The van der Waals surface area contributed by atoms with Crippen LogP contribution >= 0.6 is 15.9 Å². The second kappa shape index (κ2) is 6.81. The SMILES string of the molecule is Cc1nc([C@H]2CCCN(S(=O)(=O)c3ccc(Br)cc3[N+](=O)[O-])C2)n[nH]1. The van der Waals surface area contributed by atoms with Crippen molar-refractivity contribution in [2.24, 2.45) is 0 Å². The zero-order valence-corrected chi connectivity index (χ0v) is 15.7. The van der Waals surface area contributed by atoms with Gasteiger partial charge in [-0.05, 0) is 31.9 Å². The van der Waals surface area contributed by atoms with E-state index < -0.39 is 20.6 Å². The molecule has 1 atom stereocenters. The topological polar surface area (TPSA) is 122 Å². The molecule has 0 spiro atoms. The van der Waals surface area contributed by atoms with Gasteiger partial charge in [-0.2, -0.15) is 9.40 Å². The van der Waals surface area contributed by atoms with Crippen molar-refractivity contribution in [2.45, 2.75) is 30.6 Å². The third-order valence-corrected chi connectivity index (χ3v) is 6.51.